The summed E-state index contributed by atoms with van der Waals surface area (Å²) in [6, 6.07) is 0. The summed E-state index contributed by atoms with van der Waals surface area (Å²) in [4.78, 5) is 14.2. The third kappa shape index (κ3) is 10.5. The molecule has 4 heterocycles. The molecule has 22 nitrogen and oxygen atoms in total. The van der Waals surface area contributed by atoms with E-state index in [0.29, 0.717) is 44.9 Å². The Bertz CT molecular complexity index is 1960. The van der Waals surface area contributed by atoms with Crippen LogP contribution in [0.3, 0.4) is 0 Å². The summed E-state index contributed by atoms with van der Waals surface area (Å²) in [5.74, 6) is -0.460. The summed E-state index contributed by atoms with van der Waals surface area (Å²) in [7, 11) is 0. The number of aldehydes is 1. The van der Waals surface area contributed by atoms with Gasteiger partial charge in [0, 0.05) is 5.41 Å². The minimum Gasteiger partial charge on any atom is -0.394 e. The molecule has 4 aliphatic carbocycles. The molecule has 0 bridgehead atoms. The highest BCUT2D eigenvalue weighted by molar-refractivity contribution is 5.62. The highest BCUT2D eigenvalue weighted by Gasteiger charge is 2.71. The second kappa shape index (κ2) is 22.8. The lowest BCUT2D eigenvalue weighted by Gasteiger charge is -2.69. The Morgan fingerprint density at radius 3 is 1.81 bits per heavy atom. The second-order valence-electron chi connectivity index (χ2n) is 24.8. The summed E-state index contributed by atoms with van der Waals surface area (Å²) >= 11 is 0. The van der Waals surface area contributed by atoms with Gasteiger partial charge in [-0.3, -0.25) is 0 Å². The number of carbonyl (C=O) groups excluding carboxylic acids is 1. The topological polar surface area (TPSA) is 354 Å². The average molecular weight is 1080 g/mol. The molecule has 22 heteroatoms. The predicted molar refractivity (Wildman–Crippen MR) is 259 cm³/mol. The zero-order valence-electron chi connectivity index (χ0n) is 44.4. The van der Waals surface area contributed by atoms with E-state index in [9.17, 15) is 71.2 Å². The van der Waals surface area contributed by atoms with Crippen molar-refractivity contribution >= 4 is 6.29 Å². The van der Waals surface area contributed by atoms with E-state index in [-0.39, 0.29) is 41.1 Å². The first-order valence-corrected chi connectivity index (χ1v) is 27.3. The van der Waals surface area contributed by atoms with Crippen LogP contribution < -0.4 is 0 Å². The van der Waals surface area contributed by atoms with E-state index in [4.69, 9.17) is 37.9 Å². The number of allylic oxidation sites excluding steroid dienone is 2. The molecule has 0 aromatic heterocycles. The van der Waals surface area contributed by atoms with Crippen LogP contribution in [0, 0.1) is 45.3 Å². The summed E-state index contributed by atoms with van der Waals surface area (Å²) in [6.07, 6.45) is -20.7. The van der Waals surface area contributed by atoms with E-state index in [0.717, 1.165) is 24.8 Å². The van der Waals surface area contributed by atoms with E-state index in [1.807, 2.05) is 13.8 Å². The van der Waals surface area contributed by atoms with E-state index in [2.05, 4.69) is 33.8 Å². The highest BCUT2D eigenvalue weighted by Crippen LogP contribution is 2.76. The fraction of sp³-hybridized carbons (Fsp3) is 0.943. The van der Waals surface area contributed by atoms with Crippen LogP contribution in [-0.4, -0.2) is 228 Å². The van der Waals surface area contributed by atoms with Crippen LogP contribution >= 0.6 is 0 Å². The second-order valence-corrected chi connectivity index (χ2v) is 24.8. The van der Waals surface area contributed by atoms with Crippen LogP contribution in [0.2, 0.25) is 0 Å². The van der Waals surface area contributed by atoms with Gasteiger partial charge in [-0.2, -0.15) is 0 Å². The number of carbonyl (C=O) groups is 1. The van der Waals surface area contributed by atoms with Gasteiger partial charge in [0.25, 0.3) is 0 Å². The Morgan fingerprint density at radius 1 is 0.627 bits per heavy atom. The number of ether oxygens (including phenoxy) is 8. The predicted octanol–water partition coefficient (Wildman–Crippen LogP) is -1.36. The number of fused-ring (bicyclic) bond motifs is 5. The molecule has 8 aliphatic rings. The van der Waals surface area contributed by atoms with Gasteiger partial charge in [0.1, 0.15) is 91.7 Å². The van der Waals surface area contributed by atoms with Crippen molar-refractivity contribution in [3.05, 3.63) is 11.6 Å². The number of hydrogen-bond donors (Lipinski definition) is 13. The van der Waals surface area contributed by atoms with E-state index >= 15 is 0 Å². The lowest BCUT2D eigenvalue weighted by molar-refractivity contribution is -0.388. The molecule has 8 fully saturated rings. The van der Waals surface area contributed by atoms with E-state index in [1.54, 1.807) is 0 Å². The number of hydrogen-bond acceptors (Lipinski definition) is 22. The van der Waals surface area contributed by atoms with Crippen molar-refractivity contribution in [2.75, 3.05) is 26.4 Å². The molecule has 75 heavy (non-hydrogen) atoms. The van der Waals surface area contributed by atoms with Crippen molar-refractivity contribution < 1.29 is 109 Å². The normalized spacial score (nSPS) is 51.7. The zero-order chi connectivity index (χ0) is 54.9. The van der Waals surface area contributed by atoms with Crippen LogP contribution in [0.15, 0.2) is 11.6 Å². The van der Waals surface area contributed by atoms with Crippen molar-refractivity contribution in [2.24, 2.45) is 45.3 Å². The van der Waals surface area contributed by atoms with Gasteiger partial charge in [-0.1, -0.05) is 39.3 Å². The van der Waals surface area contributed by atoms with Crippen LogP contribution in [0.5, 0.6) is 0 Å². The lowest BCUT2D eigenvalue weighted by atomic mass is 9.35. The molecule has 0 aromatic carbocycles. The van der Waals surface area contributed by atoms with E-state index in [1.165, 1.54) is 13.2 Å². The quantitative estimate of drug-likeness (QED) is 0.0483. The summed E-state index contributed by atoms with van der Waals surface area (Å²) in [6.45, 7) is 12.2. The Labute approximate surface area is 438 Å². The van der Waals surface area contributed by atoms with Crippen molar-refractivity contribution in [3.8, 4) is 0 Å². The fourth-order valence-electron chi connectivity index (χ4n) is 15.7. The third-order valence-corrected chi connectivity index (χ3v) is 20.3. The number of aliphatic hydroxyl groups excluding tert-OH is 12. The lowest BCUT2D eigenvalue weighted by Crippen LogP contribution is -2.67. The van der Waals surface area contributed by atoms with Gasteiger partial charge < -0.3 is 109 Å². The van der Waals surface area contributed by atoms with Gasteiger partial charge in [0.05, 0.1) is 44.2 Å². The van der Waals surface area contributed by atoms with Gasteiger partial charge >= 0.3 is 0 Å². The van der Waals surface area contributed by atoms with Gasteiger partial charge in [-0.25, -0.2) is 0 Å². The SMILES string of the molecule is CC(C)=CCC[C@](O)(CO[C@H]1O[C@H](CO)[C@@H](O)[C@H](O)[C@@H]1O)[C@@H]1CC[C@]2(C)[C@H]1CC[C@@H]1[C@@]3(C=O)CC[C@H](O[C@@H]4OC[C@@H](O)[C@H](O[C@@H]5O[C@H](CO)[C@@H](O)[C@H](O)[C@@H]5O)[C@H]4O[C@H]4O[C@H](C)[C@H](O)[C@@H](O)[C@@H]4O)C(C)(C)[C@H]3CC[C@]12C. The summed E-state index contributed by atoms with van der Waals surface area (Å²) in [5.41, 5.74) is -2.48. The molecule has 8 rings (SSSR count). The van der Waals surface area contributed by atoms with Crippen LogP contribution in [0.4, 0.5) is 0 Å². The largest absolute Gasteiger partial charge is 0.394 e. The molecule has 4 saturated carbocycles. The Morgan fingerprint density at radius 2 is 1.20 bits per heavy atom. The Hall–Kier alpha value is -1.43. The van der Waals surface area contributed by atoms with Crippen LogP contribution in [0.1, 0.15) is 113 Å². The molecule has 0 spiro atoms. The van der Waals surface area contributed by atoms with E-state index < -0.39 is 159 Å². The molecule has 0 unspecified atom stereocenters. The molecular weight excluding hydrogens is 989 g/mol. The fourth-order valence-corrected chi connectivity index (χ4v) is 15.7. The Kier molecular flexibility index (Phi) is 18.2. The first-order chi connectivity index (χ1) is 35.2. The molecule has 4 saturated heterocycles. The maximum Gasteiger partial charge on any atom is 0.187 e. The Balaban J connectivity index is 1.03. The molecule has 0 amide bonds. The minimum absolute atomic E-state index is 0.0229. The van der Waals surface area contributed by atoms with Gasteiger partial charge in [-0.15, -0.1) is 0 Å². The number of rotatable bonds is 16. The van der Waals surface area contributed by atoms with Crippen molar-refractivity contribution in [3.63, 3.8) is 0 Å². The molecule has 4 aliphatic heterocycles. The summed E-state index contributed by atoms with van der Waals surface area (Å²) in [5, 5.41) is 140. The van der Waals surface area contributed by atoms with Crippen LogP contribution in [-0.2, 0) is 42.7 Å². The molecule has 432 valence electrons. The third-order valence-electron chi connectivity index (χ3n) is 20.3. The smallest absolute Gasteiger partial charge is 0.187 e. The molecule has 28 atom stereocenters. The molecule has 13 N–H and O–H groups in total. The van der Waals surface area contributed by atoms with Crippen LogP contribution in [0.25, 0.3) is 0 Å². The molecule has 0 aromatic rings. The van der Waals surface area contributed by atoms with Crippen molar-refractivity contribution in [2.45, 2.75) is 241 Å². The first-order valence-electron chi connectivity index (χ1n) is 27.3. The zero-order valence-corrected chi connectivity index (χ0v) is 44.4. The highest BCUT2D eigenvalue weighted by atomic mass is 16.8. The van der Waals surface area contributed by atoms with Gasteiger partial charge in [-0.05, 0) is 125 Å². The van der Waals surface area contributed by atoms with Gasteiger partial charge in [0.15, 0.2) is 25.2 Å². The van der Waals surface area contributed by atoms with Crippen molar-refractivity contribution in [1.82, 2.24) is 0 Å². The van der Waals surface area contributed by atoms with Gasteiger partial charge in [0.2, 0.25) is 0 Å². The van der Waals surface area contributed by atoms with Crippen molar-refractivity contribution in [1.29, 1.82) is 0 Å². The minimum atomic E-state index is -1.86. The number of aliphatic hydroxyl groups is 13. The molecule has 0 radical (unpaired) electrons. The first kappa shape index (κ1) is 59.7. The standard InChI is InChI=1S/C53H88O22/c1-24(2)9-8-15-53(67,23-69-45-40(64)38(62)35(59)29(19-54)71-45)27-12-16-50(6)26(27)10-11-32-51(50,7)17-13-31-49(4,5)33(14-18-52(31,32)22-56)73-48-44(75-46-41(65)37(61)34(58)25(3)70-46)43(28(57)21-68-48)74-47-42(66)39(63)36(60)30(20-55)72-47/h9,22,25-48,54-55,57-67H,8,10-21,23H2,1-7H3/t25-,26+,27-,28-,29-,30-,31-,32+,33+,34+,35-,36-,37-,38+,39+,40+,41+,42+,43+,44-,45+,46-,47+,48+,50-,51-,52-,53+/m1/s1. The monoisotopic (exact) mass is 1080 g/mol. The maximum absolute atomic E-state index is 14.2. The maximum atomic E-state index is 14.2. The average Bonchev–Trinajstić information content (AvgIpc) is 3.75. The summed E-state index contributed by atoms with van der Waals surface area (Å²) < 4.78 is 48.9. The molecular formula is C53H88O22.